The van der Waals surface area contributed by atoms with Gasteiger partial charge in [-0.2, -0.15) is 5.10 Å². The highest BCUT2D eigenvalue weighted by atomic mass is 28.4. The predicted octanol–water partition coefficient (Wildman–Crippen LogP) is 2.77. The summed E-state index contributed by atoms with van der Waals surface area (Å²) >= 11 is 0. The molecule has 0 fully saturated rings. The van der Waals surface area contributed by atoms with Gasteiger partial charge in [-0.15, -0.1) is 5.16 Å². The van der Waals surface area contributed by atoms with Gasteiger partial charge >= 0.3 is 0 Å². The molecule has 4 nitrogen and oxygen atoms in total. The predicted molar refractivity (Wildman–Crippen MR) is 64.5 cm³/mol. The Kier molecular flexibility index (Phi) is 3.34. The highest BCUT2D eigenvalue weighted by Crippen LogP contribution is 2.36. The van der Waals surface area contributed by atoms with Crippen LogP contribution in [0.15, 0.2) is 17.4 Å². The van der Waals surface area contributed by atoms with Gasteiger partial charge in [0.05, 0.1) is 6.21 Å². The van der Waals surface area contributed by atoms with Crippen molar-refractivity contribution in [3.63, 3.8) is 0 Å². The number of oxime groups is 1. The van der Waals surface area contributed by atoms with E-state index in [1.54, 1.807) is 12.4 Å². The van der Waals surface area contributed by atoms with Crippen LogP contribution in [0.25, 0.3) is 0 Å². The maximum atomic E-state index is 5.62. The summed E-state index contributed by atoms with van der Waals surface area (Å²) in [6.07, 6.45) is 3.39. The van der Waals surface area contributed by atoms with Gasteiger partial charge in [0, 0.05) is 6.20 Å². The standard InChI is InChI=1S/C10H19N3OSi/c1-10(2,3)15(4,5)14-12-8-9-6-7-11-13-9/h6-8H,1-5H3,(H,11,13). The zero-order chi connectivity index (χ0) is 11.5. The molecule has 0 unspecified atom stereocenters. The maximum Gasteiger partial charge on any atom is 0.286 e. The Hall–Kier alpha value is -1.10. The third-order valence-corrected chi connectivity index (χ3v) is 6.97. The van der Waals surface area contributed by atoms with Crippen LogP contribution < -0.4 is 0 Å². The SMILES string of the molecule is CC(C)(C)[Si](C)(C)ON=Cc1cc[nH]n1. The van der Waals surface area contributed by atoms with Crippen molar-refractivity contribution >= 4 is 14.5 Å². The molecule has 15 heavy (non-hydrogen) atoms. The minimum absolute atomic E-state index is 0.177. The van der Waals surface area contributed by atoms with Crippen LogP contribution in [0, 0.1) is 0 Å². The second kappa shape index (κ2) is 4.18. The fourth-order valence-electron chi connectivity index (χ4n) is 0.693. The molecule has 1 aromatic heterocycles. The van der Waals surface area contributed by atoms with Crippen LogP contribution >= 0.6 is 0 Å². The molecule has 0 atom stereocenters. The molecule has 1 N–H and O–H groups in total. The summed E-state index contributed by atoms with van der Waals surface area (Å²) in [4.78, 5) is 0. The lowest BCUT2D eigenvalue weighted by Crippen LogP contribution is -2.39. The number of rotatable bonds is 3. The molecule has 0 spiro atoms. The van der Waals surface area contributed by atoms with Crippen molar-refractivity contribution in [3.05, 3.63) is 18.0 Å². The lowest BCUT2D eigenvalue weighted by atomic mass is 10.2. The van der Waals surface area contributed by atoms with Crippen LogP contribution in [-0.2, 0) is 4.53 Å². The van der Waals surface area contributed by atoms with E-state index in [0.29, 0.717) is 0 Å². The fourth-order valence-corrected chi connectivity index (χ4v) is 1.28. The molecule has 0 bridgehead atoms. The number of nitrogens with one attached hydrogen (secondary N) is 1. The molecule has 0 aromatic carbocycles. The highest BCUT2D eigenvalue weighted by molar-refractivity contribution is 6.74. The van der Waals surface area contributed by atoms with E-state index >= 15 is 0 Å². The van der Waals surface area contributed by atoms with Crippen molar-refractivity contribution < 1.29 is 4.53 Å². The molecule has 1 aromatic rings. The third kappa shape index (κ3) is 3.19. The van der Waals surface area contributed by atoms with Gasteiger partial charge in [-0.1, -0.05) is 20.8 Å². The topological polar surface area (TPSA) is 50.3 Å². The Labute approximate surface area is 91.9 Å². The van der Waals surface area contributed by atoms with Gasteiger partial charge in [-0.25, -0.2) is 0 Å². The van der Waals surface area contributed by atoms with Crippen LogP contribution in [-0.4, -0.2) is 24.7 Å². The first-order chi connectivity index (χ1) is 6.83. The first-order valence-electron chi connectivity index (χ1n) is 5.04. The molecular weight excluding hydrogens is 206 g/mol. The second-order valence-electron chi connectivity index (χ2n) is 5.09. The lowest BCUT2D eigenvalue weighted by Gasteiger charge is -2.32. The zero-order valence-electron chi connectivity index (χ0n) is 10.0. The average molecular weight is 225 g/mol. The van der Waals surface area contributed by atoms with Gasteiger partial charge < -0.3 is 4.53 Å². The highest BCUT2D eigenvalue weighted by Gasteiger charge is 2.39. The Morgan fingerprint density at radius 1 is 1.47 bits per heavy atom. The molecule has 0 aliphatic rings. The number of hydrogen-bond donors (Lipinski definition) is 1. The van der Waals surface area contributed by atoms with Gasteiger partial charge in [0.25, 0.3) is 8.32 Å². The number of nitrogens with zero attached hydrogens (tertiary/aromatic N) is 2. The van der Waals surface area contributed by atoms with Crippen molar-refractivity contribution in [2.24, 2.45) is 5.16 Å². The molecule has 84 valence electrons. The molecule has 0 radical (unpaired) electrons. The van der Waals surface area contributed by atoms with E-state index in [1.807, 2.05) is 6.07 Å². The summed E-state index contributed by atoms with van der Waals surface area (Å²) in [6.45, 7) is 10.9. The van der Waals surface area contributed by atoms with Crippen molar-refractivity contribution in [1.29, 1.82) is 0 Å². The average Bonchev–Trinajstić information content (AvgIpc) is 2.54. The van der Waals surface area contributed by atoms with Crippen molar-refractivity contribution in [2.45, 2.75) is 38.9 Å². The Morgan fingerprint density at radius 3 is 2.60 bits per heavy atom. The van der Waals surface area contributed by atoms with E-state index in [9.17, 15) is 0 Å². The van der Waals surface area contributed by atoms with E-state index in [-0.39, 0.29) is 5.04 Å². The molecule has 1 rings (SSSR count). The molecule has 0 amide bonds. The molecule has 0 aliphatic carbocycles. The Morgan fingerprint density at radius 2 is 2.13 bits per heavy atom. The summed E-state index contributed by atoms with van der Waals surface area (Å²) in [5.74, 6) is 0. The van der Waals surface area contributed by atoms with Gasteiger partial charge in [-0.05, 0) is 24.2 Å². The summed E-state index contributed by atoms with van der Waals surface area (Å²) in [6, 6.07) is 1.85. The summed E-state index contributed by atoms with van der Waals surface area (Å²) in [7, 11) is -1.77. The number of H-pyrrole nitrogens is 1. The summed E-state index contributed by atoms with van der Waals surface area (Å²) in [5, 5.41) is 10.9. The lowest BCUT2D eigenvalue weighted by molar-refractivity contribution is 0.310. The van der Waals surface area contributed by atoms with Gasteiger partial charge in [0.15, 0.2) is 0 Å². The van der Waals surface area contributed by atoms with E-state index in [0.717, 1.165) is 5.69 Å². The Bertz CT molecular complexity index is 325. The molecule has 0 saturated carbocycles. The number of hydrogen-bond acceptors (Lipinski definition) is 3. The van der Waals surface area contributed by atoms with E-state index in [1.165, 1.54) is 0 Å². The van der Waals surface area contributed by atoms with E-state index in [2.05, 4.69) is 49.2 Å². The fraction of sp³-hybridized carbons (Fsp3) is 0.600. The van der Waals surface area contributed by atoms with Crippen LogP contribution in [0.2, 0.25) is 18.1 Å². The van der Waals surface area contributed by atoms with Crippen LogP contribution in [0.1, 0.15) is 26.5 Å². The number of aromatic amines is 1. The number of aromatic nitrogens is 2. The van der Waals surface area contributed by atoms with Crippen molar-refractivity contribution in [1.82, 2.24) is 10.2 Å². The monoisotopic (exact) mass is 225 g/mol. The third-order valence-electron chi connectivity index (χ3n) is 2.79. The minimum atomic E-state index is -1.77. The smallest absolute Gasteiger partial charge is 0.286 e. The van der Waals surface area contributed by atoms with Crippen molar-refractivity contribution in [2.75, 3.05) is 0 Å². The molecule has 0 saturated heterocycles. The molecule has 0 aliphatic heterocycles. The first-order valence-corrected chi connectivity index (χ1v) is 7.95. The van der Waals surface area contributed by atoms with Gasteiger partial charge in [0.1, 0.15) is 5.69 Å². The largest absolute Gasteiger partial charge is 0.455 e. The van der Waals surface area contributed by atoms with Gasteiger partial charge in [0.2, 0.25) is 0 Å². The summed E-state index contributed by atoms with van der Waals surface area (Å²) < 4.78 is 5.62. The van der Waals surface area contributed by atoms with Crippen LogP contribution in [0.4, 0.5) is 0 Å². The molecule has 1 heterocycles. The Balaban J connectivity index is 2.57. The minimum Gasteiger partial charge on any atom is -0.455 e. The molecular formula is C10H19N3OSi. The normalized spacial score (nSPS) is 13.4. The van der Waals surface area contributed by atoms with E-state index < -0.39 is 8.32 Å². The van der Waals surface area contributed by atoms with Crippen LogP contribution in [0.3, 0.4) is 0 Å². The molecule has 5 heteroatoms. The maximum absolute atomic E-state index is 5.62. The summed E-state index contributed by atoms with van der Waals surface area (Å²) in [5.41, 5.74) is 0.786. The second-order valence-corrected chi connectivity index (χ2v) is 9.79. The quantitative estimate of drug-likeness (QED) is 0.488. The zero-order valence-corrected chi connectivity index (χ0v) is 11.0. The van der Waals surface area contributed by atoms with Crippen molar-refractivity contribution in [3.8, 4) is 0 Å². The van der Waals surface area contributed by atoms with Crippen LogP contribution in [0.5, 0.6) is 0 Å². The van der Waals surface area contributed by atoms with Gasteiger partial charge in [-0.3, -0.25) is 5.10 Å². The first kappa shape index (κ1) is 12.0. The van der Waals surface area contributed by atoms with E-state index in [4.69, 9.17) is 4.53 Å².